The Balaban J connectivity index is 1.91. The maximum absolute atomic E-state index is 13.6. The molecule has 1 amide bonds. The van der Waals surface area contributed by atoms with Gasteiger partial charge in [0.1, 0.15) is 17.5 Å². The first-order valence-electron chi connectivity index (χ1n) is 7.11. The fourth-order valence-corrected chi connectivity index (χ4v) is 2.08. The van der Waals surface area contributed by atoms with Gasteiger partial charge in [-0.15, -0.1) is 0 Å². The van der Waals surface area contributed by atoms with Crippen LogP contribution in [0.4, 0.5) is 18.9 Å². The molecular weight excluding hydrogens is 305 g/mol. The van der Waals surface area contributed by atoms with Crippen molar-refractivity contribution in [1.82, 2.24) is 5.32 Å². The molecule has 0 aliphatic heterocycles. The second kappa shape index (κ2) is 7.28. The molecule has 6 heteroatoms. The third-order valence-corrected chi connectivity index (χ3v) is 3.45. The van der Waals surface area contributed by atoms with Crippen molar-refractivity contribution in [2.75, 3.05) is 11.9 Å². The van der Waals surface area contributed by atoms with Gasteiger partial charge >= 0.3 is 0 Å². The average Bonchev–Trinajstić information content (AvgIpc) is 2.48. The Labute approximate surface area is 132 Å². The van der Waals surface area contributed by atoms with E-state index in [1.807, 2.05) is 0 Å². The molecule has 3 nitrogen and oxygen atoms in total. The summed E-state index contributed by atoms with van der Waals surface area (Å²) in [5.74, 6) is -2.12. The summed E-state index contributed by atoms with van der Waals surface area (Å²) in [5, 5.41) is 5.38. The van der Waals surface area contributed by atoms with Crippen LogP contribution in [0.2, 0.25) is 0 Å². The highest BCUT2D eigenvalue weighted by Crippen LogP contribution is 2.17. The number of amides is 1. The van der Waals surface area contributed by atoms with Crippen molar-refractivity contribution in [3.63, 3.8) is 0 Å². The number of halogens is 3. The first-order valence-corrected chi connectivity index (χ1v) is 7.11. The lowest BCUT2D eigenvalue weighted by atomic mass is 10.1. The van der Waals surface area contributed by atoms with Crippen molar-refractivity contribution in [3.05, 3.63) is 65.0 Å². The third-order valence-electron chi connectivity index (χ3n) is 3.45. The van der Waals surface area contributed by atoms with Crippen molar-refractivity contribution >= 4 is 11.6 Å². The molecule has 0 bridgehead atoms. The molecule has 2 aromatic rings. The Bertz CT molecular complexity index is 719. The number of aryl methyl sites for hydroxylation is 1. The standard InChI is InChI=1S/C17H17F3N2O/c1-10-3-5-13(8-15(10)19)22-17(23)9-21-11(2)14-6-4-12(18)7-16(14)20/h3-8,11,21H,9H2,1-2H3,(H,22,23)/t11-/m0/s1. The number of hydrogen-bond acceptors (Lipinski definition) is 2. The third kappa shape index (κ3) is 4.56. The lowest BCUT2D eigenvalue weighted by molar-refractivity contribution is -0.115. The quantitative estimate of drug-likeness (QED) is 0.881. The van der Waals surface area contributed by atoms with E-state index in [2.05, 4.69) is 10.6 Å². The van der Waals surface area contributed by atoms with Crippen LogP contribution in [0.5, 0.6) is 0 Å². The van der Waals surface area contributed by atoms with Crippen molar-refractivity contribution in [2.24, 2.45) is 0 Å². The lowest BCUT2D eigenvalue weighted by Gasteiger charge is -2.15. The maximum atomic E-state index is 13.6. The van der Waals surface area contributed by atoms with E-state index in [1.54, 1.807) is 26.0 Å². The van der Waals surface area contributed by atoms with Gasteiger partial charge in [0.05, 0.1) is 6.54 Å². The summed E-state index contributed by atoms with van der Waals surface area (Å²) in [5.41, 5.74) is 1.10. The van der Waals surface area contributed by atoms with Crippen LogP contribution in [-0.4, -0.2) is 12.5 Å². The second-order valence-corrected chi connectivity index (χ2v) is 5.28. The Morgan fingerprint density at radius 2 is 1.83 bits per heavy atom. The van der Waals surface area contributed by atoms with Crippen LogP contribution in [-0.2, 0) is 4.79 Å². The van der Waals surface area contributed by atoms with E-state index in [0.717, 1.165) is 12.1 Å². The van der Waals surface area contributed by atoms with Gasteiger partial charge in [0.15, 0.2) is 0 Å². The number of carbonyl (C=O) groups is 1. The van der Waals surface area contributed by atoms with Crippen LogP contribution in [0.1, 0.15) is 24.1 Å². The van der Waals surface area contributed by atoms with Gasteiger partial charge in [-0.25, -0.2) is 13.2 Å². The van der Waals surface area contributed by atoms with Crippen LogP contribution >= 0.6 is 0 Å². The van der Waals surface area contributed by atoms with Crippen molar-refractivity contribution in [3.8, 4) is 0 Å². The first kappa shape index (κ1) is 17.0. The predicted octanol–water partition coefficient (Wildman–Crippen LogP) is 3.70. The minimum absolute atomic E-state index is 0.0898. The minimum Gasteiger partial charge on any atom is -0.325 e. The molecule has 2 rings (SSSR count). The monoisotopic (exact) mass is 322 g/mol. The summed E-state index contributed by atoms with van der Waals surface area (Å²) in [6.45, 7) is 3.20. The summed E-state index contributed by atoms with van der Waals surface area (Å²) in [4.78, 5) is 11.8. The number of nitrogens with one attached hydrogen (secondary N) is 2. The smallest absolute Gasteiger partial charge is 0.238 e. The molecule has 0 unspecified atom stereocenters. The van der Waals surface area contributed by atoms with Crippen LogP contribution in [0.15, 0.2) is 36.4 Å². The lowest BCUT2D eigenvalue weighted by Crippen LogP contribution is -2.30. The van der Waals surface area contributed by atoms with E-state index in [9.17, 15) is 18.0 Å². The van der Waals surface area contributed by atoms with Crippen molar-refractivity contribution in [2.45, 2.75) is 19.9 Å². The minimum atomic E-state index is -0.675. The Morgan fingerprint density at radius 1 is 1.09 bits per heavy atom. The molecule has 2 aromatic carbocycles. The predicted molar refractivity (Wildman–Crippen MR) is 82.5 cm³/mol. The largest absolute Gasteiger partial charge is 0.325 e. The molecule has 23 heavy (non-hydrogen) atoms. The molecule has 0 fully saturated rings. The molecule has 1 atom stereocenters. The zero-order valence-electron chi connectivity index (χ0n) is 12.8. The average molecular weight is 322 g/mol. The van der Waals surface area contributed by atoms with Crippen LogP contribution in [0.25, 0.3) is 0 Å². The van der Waals surface area contributed by atoms with Gasteiger partial charge in [-0.3, -0.25) is 4.79 Å². The zero-order chi connectivity index (χ0) is 17.0. The molecule has 2 N–H and O–H groups in total. The molecule has 0 aliphatic carbocycles. The summed E-state index contributed by atoms with van der Waals surface area (Å²) in [7, 11) is 0. The summed E-state index contributed by atoms with van der Waals surface area (Å²) in [6.07, 6.45) is 0. The topological polar surface area (TPSA) is 41.1 Å². The Morgan fingerprint density at radius 3 is 2.48 bits per heavy atom. The Hall–Kier alpha value is -2.34. The van der Waals surface area contributed by atoms with Crippen LogP contribution in [0, 0.1) is 24.4 Å². The first-order chi connectivity index (χ1) is 10.9. The van der Waals surface area contributed by atoms with E-state index in [1.165, 1.54) is 12.1 Å². The zero-order valence-corrected chi connectivity index (χ0v) is 12.8. The molecular formula is C17H17F3N2O. The number of hydrogen-bond donors (Lipinski definition) is 2. The van der Waals surface area contributed by atoms with E-state index in [-0.39, 0.29) is 18.0 Å². The molecule has 122 valence electrons. The van der Waals surface area contributed by atoms with Gasteiger partial charge in [0, 0.05) is 23.4 Å². The highest BCUT2D eigenvalue weighted by molar-refractivity contribution is 5.92. The molecule has 0 spiro atoms. The Kier molecular flexibility index (Phi) is 5.39. The SMILES string of the molecule is Cc1ccc(NC(=O)CN[C@@H](C)c2ccc(F)cc2F)cc1F. The van der Waals surface area contributed by atoms with E-state index < -0.39 is 23.5 Å². The normalized spacial score (nSPS) is 12.0. The van der Waals surface area contributed by atoms with Gasteiger partial charge in [0.2, 0.25) is 5.91 Å². The van der Waals surface area contributed by atoms with E-state index in [4.69, 9.17) is 0 Å². The molecule has 0 heterocycles. The summed E-state index contributed by atoms with van der Waals surface area (Å²) < 4.78 is 39.9. The highest BCUT2D eigenvalue weighted by atomic mass is 19.1. The molecule has 0 aromatic heterocycles. The number of benzene rings is 2. The van der Waals surface area contributed by atoms with Gasteiger partial charge in [-0.1, -0.05) is 12.1 Å². The van der Waals surface area contributed by atoms with Gasteiger partial charge in [-0.05, 0) is 37.6 Å². The fourth-order valence-electron chi connectivity index (χ4n) is 2.08. The molecule has 0 saturated heterocycles. The second-order valence-electron chi connectivity index (χ2n) is 5.28. The number of rotatable bonds is 5. The van der Waals surface area contributed by atoms with Crippen molar-refractivity contribution < 1.29 is 18.0 Å². The van der Waals surface area contributed by atoms with Crippen molar-refractivity contribution in [1.29, 1.82) is 0 Å². The van der Waals surface area contributed by atoms with Gasteiger partial charge in [-0.2, -0.15) is 0 Å². The van der Waals surface area contributed by atoms with E-state index in [0.29, 0.717) is 11.3 Å². The molecule has 0 aliphatic rings. The molecule has 0 radical (unpaired) electrons. The fraction of sp³-hybridized carbons (Fsp3) is 0.235. The van der Waals surface area contributed by atoms with Crippen LogP contribution < -0.4 is 10.6 Å². The number of carbonyl (C=O) groups excluding carboxylic acids is 1. The summed E-state index contributed by atoms with van der Waals surface area (Å²) >= 11 is 0. The van der Waals surface area contributed by atoms with Gasteiger partial charge in [0.25, 0.3) is 0 Å². The van der Waals surface area contributed by atoms with Crippen LogP contribution in [0.3, 0.4) is 0 Å². The maximum Gasteiger partial charge on any atom is 0.238 e. The van der Waals surface area contributed by atoms with E-state index >= 15 is 0 Å². The van der Waals surface area contributed by atoms with Gasteiger partial charge < -0.3 is 10.6 Å². The highest BCUT2D eigenvalue weighted by Gasteiger charge is 2.13. The summed E-state index contributed by atoms with van der Waals surface area (Å²) in [6, 6.07) is 7.20. The number of anilines is 1. The molecule has 0 saturated carbocycles.